The third kappa shape index (κ3) is 6.15. The highest BCUT2D eigenvalue weighted by Gasteiger charge is 2.09. The van der Waals surface area contributed by atoms with E-state index in [-0.39, 0.29) is 0 Å². The van der Waals surface area contributed by atoms with Gasteiger partial charge in [-0.2, -0.15) is 0 Å². The zero-order valence-corrected chi connectivity index (χ0v) is 12.3. The summed E-state index contributed by atoms with van der Waals surface area (Å²) in [6, 6.07) is 4.93. The molecule has 0 bridgehead atoms. The van der Waals surface area contributed by atoms with Crippen molar-refractivity contribution in [2.24, 2.45) is 5.73 Å². The predicted octanol–water partition coefficient (Wildman–Crippen LogP) is 3.07. The largest absolute Gasteiger partial charge is 0.393 e. The van der Waals surface area contributed by atoms with Gasteiger partial charge in [0.2, 0.25) is 0 Å². The van der Waals surface area contributed by atoms with Crippen molar-refractivity contribution in [3.63, 3.8) is 0 Å². The Labute approximate surface area is 114 Å². The molecule has 0 fully saturated rings. The number of nitrogens with two attached hydrogens (primary N) is 1. The van der Waals surface area contributed by atoms with Crippen LogP contribution in [0.4, 0.5) is 0 Å². The van der Waals surface area contributed by atoms with Gasteiger partial charge in [-0.1, -0.05) is 18.3 Å². The minimum absolute atomic E-state index is 0.596. The van der Waals surface area contributed by atoms with Gasteiger partial charge in [-0.05, 0) is 57.6 Å². The fraction of sp³-hybridized carbons (Fsp3) is 0.615. The average Bonchev–Trinajstić information content (AvgIpc) is 2.76. The maximum atomic E-state index is 5.48. The summed E-state index contributed by atoms with van der Waals surface area (Å²) in [7, 11) is 2.19. The summed E-state index contributed by atoms with van der Waals surface area (Å²) < 4.78 is 0. The molecule has 0 amide bonds. The van der Waals surface area contributed by atoms with E-state index in [0.29, 0.717) is 11.0 Å². The van der Waals surface area contributed by atoms with Crippen molar-refractivity contribution in [1.82, 2.24) is 4.90 Å². The fourth-order valence-corrected chi connectivity index (χ4v) is 2.73. The Morgan fingerprint density at radius 3 is 2.88 bits per heavy atom. The van der Waals surface area contributed by atoms with E-state index >= 15 is 0 Å². The smallest absolute Gasteiger partial charge is 0.0727 e. The van der Waals surface area contributed by atoms with E-state index in [2.05, 4.69) is 36.4 Å². The van der Waals surface area contributed by atoms with Crippen LogP contribution in [-0.4, -0.2) is 29.5 Å². The van der Waals surface area contributed by atoms with Crippen molar-refractivity contribution in [3.05, 3.63) is 22.4 Å². The van der Waals surface area contributed by atoms with E-state index in [1.54, 1.807) is 0 Å². The molecule has 2 N–H and O–H groups in total. The molecule has 17 heavy (non-hydrogen) atoms. The number of rotatable bonds is 8. The molecular formula is C13H22N2S2. The Morgan fingerprint density at radius 1 is 1.53 bits per heavy atom. The Morgan fingerprint density at radius 2 is 2.29 bits per heavy atom. The Hall–Kier alpha value is -0.450. The van der Waals surface area contributed by atoms with Crippen LogP contribution in [0.15, 0.2) is 17.5 Å². The van der Waals surface area contributed by atoms with Crippen molar-refractivity contribution in [1.29, 1.82) is 0 Å². The first-order chi connectivity index (χ1) is 8.09. The number of likely N-dealkylation sites (N-methyl/N-ethyl adjacent to an activating group) is 1. The molecule has 1 heterocycles. The SMILES string of the molecule is CC(Cc1cccs1)N(C)CCCCC(N)=S. The van der Waals surface area contributed by atoms with Crippen LogP contribution < -0.4 is 5.73 Å². The lowest BCUT2D eigenvalue weighted by Gasteiger charge is -2.24. The van der Waals surface area contributed by atoms with Gasteiger partial charge in [0.1, 0.15) is 0 Å². The van der Waals surface area contributed by atoms with E-state index in [4.69, 9.17) is 18.0 Å². The lowest BCUT2D eigenvalue weighted by atomic mass is 10.1. The molecular weight excluding hydrogens is 248 g/mol. The molecule has 0 aromatic carbocycles. The third-order valence-corrected chi connectivity index (χ3v) is 4.12. The quantitative estimate of drug-likeness (QED) is 0.581. The first-order valence-electron chi connectivity index (χ1n) is 6.10. The second-order valence-corrected chi connectivity index (χ2v) is 6.09. The number of unbranched alkanes of at least 4 members (excludes halogenated alkanes) is 1. The monoisotopic (exact) mass is 270 g/mol. The molecule has 1 rings (SSSR count). The molecule has 0 aliphatic rings. The molecule has 1 aromatic rings. The molecule has 1 atom stereocenters. The lowest BCUT2D eigenvalue weighted by molar-refractivity contribution is 0.253. The van der Waals surface area contributed by atoms with Crippen molar-refractivity contribution < 1.29 is 0 Å². The highest BCUT2D eigenvalue weighted by atomic mass is 32.1. The van der Waals surface area contributed by atoms with Gasteiger partial charge in [0.15, 0.2) is 0 Å². The highest BCUT2D eigenvalue weighted by molar-refractivity contribution is 7.80. The highest BCUT2D eigenvalue weighted by Crippen LogP contribution is 2.13. The minimum Gasteiger partial charge on any atom is -0.393 e. The van der Waals surface area contributed by atoms with Gasteiger partial charge in [-0.15, -0.1) is 11.3 Å². The van der Waals surface area contributed by atoms with Crippen LogP contribution in [-0.2, 0) is 6.42 Å². The molecule has 96 valence electrons. The molecule has 0 aliphatic heterocycles. The predicted molar refractivity (Wildman–Crippen MR) is 80.8 cm³/mol. The minimum atomic E-state index is 0.596. The second kappa shape index (κ2) is 7.80. The van der Waals surface area contributed by atoms with Gasteiger partial charge in [0.25, 0.3) is 0 Å². The summed E-state index contributed by atoms with van der Waals surface area (Å²) in [5.41, 5.74) is 5.48. The molecule has 0 spiro atoms. The van der Waals surface area contributed by atoms with Crippen LogP contribution in [0.1, 0.15) is 31.1 Å². The number of thiophene rings is 1. The van der Waals surface area contributed by atoms with Crippen LogP contribution >= 0.6 is 23.6 Å². The summed E-state index contributed by atoms with van der Waals surface area (Å²) in [4.78, 5) is 4.52. The van der Waals surface area contributed by atoms with Gasteiger partial charge in [0, 0.05) is 10.9 Å². The van der Waals surface area contributed by atoms with E-state index in [1.807, 2.05) is 11.3 Å². The first-order valence-corrected chi connectivity index (χ1v) is 7.39. The summed E-state index contributed by atoms with van der Waals surface area (Å²) in [6.45, 7) is 3.41. The number of nitrogens with zero attached hydrogens (tertiary/aromatic N) is 1. The molecule has 4 heteroatoms. The van der Waals surface area contributed by atoms with E-state index in [0.717, 1.165) is 25.8 Å². The van der Waals surface area contributed by atoms with Crippen LogP contribution in [0.5, 0.6) is 0 Å². The molecule has 2 nitrogen and oxygen atoms in total. The molecule has 0 saturated heterocycles. The van der Waals surface area contributed by atoms with Gasteiger partial charge < -0.3 is 10.6 Å². The average molecular weight is 270 g/mol. The first kappa shape index (κ1) is 14.6. The summed E-state index contributed by atoms with van der Waals surface area (Å²) in [6.07, 6.45) is 4.29. The Balaban J connectivity index is 2.18. The van der Waals surface area contributed by atoms with Crippen LogP contribution in [0, 0.1) is 0 Å². The Bertz CT molecular complexity index is 322. The molecule has 1 unspecified atom stereocenters. The molecule has 0 radical (unpaired) electrons. The number of thiocarbonyl (C=S) groups is 1. The van der Waals surface area contributed by atoms with Gasteiger partial charge >= 0.3 is 0 Å². The van der Waals surface area contributed by atoms with E-state index < -0.39 is 0 Å². The Kier molecular flexibility index (Phi) is 6.70. The summed E-state index contributed by atoms with van der Waals surface area (Å²) in [5, 5.41) is 2.14. The standard InChI is InChI=1S/C13H22N2S2/c1-11(10-12-6-5-9-17-12)15(2)8-4-3-7-13(14)16/h5-6,9,11H,3-4,7-8,10H2,1-2H3,(H2,14,16). The van der Waals surface area contributed by atoms with Crippen LogP contribution in [0.2, 0.25) is 0 Å². The van der Waals surface area contributed by atoms with E-state index in [9.17, 15) is 0 Å². The number of hydrogen-bond acceptors (Lipinski definition) is 3. The topological polar surface area (TPSA) is 29.3 Å². The van der Waals surface area contributed by atoms with Crippen molar-refractivity contribution in [3.8, 4) is 0 Å². The maximum Gasteiger partial charge on any atom is 0.0727 e. The van der Waals surface area contributed by atoms with Gasteiger partial charge in [-0.25, -0.2) is 0 Å². The van der Waals surface area contributed by atoms with Crippen molar-refractivity contribution in [2.75, 3.05) is 13.6 Å². The van der Waals surface area contributed by atoms with Gasteiger partial charge in [-0.3, -0.25) is 0 Å². The van der Waals surface area contributed by atoms with Crippen LogP contribution in [0.25, 0.3) is 0 Å². The lowest BCUT2D eigenvalue weighted by Crippen LogP contribution is -2.31. The molecule has 0 saturated carbocycles. The zero-order valence-electron chi connectivity index (χ0n) is 10.7. The second-order valence-electron chi connectivity index (χ2n) is 4.54. The van der Waals surface area contributed by atoms with Gasteiger partial charge in [0.05, 0.1) is 4.99 Å². The van der Waals surface area contributed by atoms with E-state index in [1.165, 1.54) is 11.3 Å². The zero-order chi connectivity index (χ0) is 12.7. The molecule has 0 aliphatic carbocycles. The number of hydrogen-bond donors (Lipinski definition) is 1. The fourth-order valence-electron chi connectivity index (χ4n) is 1.76. The third-order valence-electron chi connectivity index (χ3n) is 3.01. The van der Waals surface area contributed by atoms with Crippen molar-refractivity contribution >= 4 is 28.5 Å². The maximum absolute atomic E-state index is 5.48. The summed E-state index contributed by atoms with van der Waals surface area (Å²) in [5.74, 6) is 0. The normalized spacial score (nSPS) is 12.9. The summed E-state index contributed by atoms with van der Waals surface area (Å²) >= 11 is 6.71. The van der Waals surface area contributed by atoms with Crippen molar-refractivity contribution in [2.45, 2.75) is 38.6 Å². The molecule has 1 aromatic heterocycles. The van der Waals surface area contributed by atoms with Crippen LogP contribution in [0.3, 0.4) is 0 Å².